The van der Waals surface area contributed by atoms with E-state index in [0.717, 1.165) is 18.2 Å². The highest BCUT2D eigenvalue weighted by Crippen LogP contribution is 2.29. The van der Waals surface area contributed by atoms with E-state index in [9.17, 15) is 0 Å². The fourth-order valence-corrected chi connectivity index (χ4v) is 3.00. The minimum Gasteiger partial charge on any atom is -0.475 e. The summed E-state index contributed by atoms with van der Waals surface area (Å²) in [5, 5.41) is 3.58. The van der Waals surface area contributed by atoms with Gasteiger partial charge in [-0.3, -0.25) is 0 Å². The van der Waals surface area contributed by atoms with Crippen LogP contribution in [0, 0.1) is 5.92 Å². The average Bonchev–Trinajstić information content (AvgIpc) is 2.45. The number of hydrogen-bond donors (Lipinski definition) is 1. The van der Waals surface area contributed by atoms with Gasteiger partial charge in [0.05, 0.1) is 6.10 Å². The predicted octanol–water partition coefficient (Wildman–Crippen LogP) is 4.03. The van der Waals surface area contributed by atoms with E-state index in [0.29, 0.717) is 11.9 Å². The average molecular weight is 277 g/mol. The zero-order valence-electron chi connectivity index (χ0n) is 12.9. The van der Waals surface area contributed by atoms with Crippen LogP contribution in [0.4, 0.5) is 5.82 Å². The molecule has 0 saturated heterocycles. The SMILES string of the molecule is CCC(Nc1cc(OC(C)C)ncn1)C1CCCCC1. The van der Waals surface area contributed by atoms with Gasteiger partial charge in [0.1, 0.15) is 12.1 Å². The largest absolute Gasteiger partial charge is 0.475 e. The monoisotopic (exact) mass is 277 g/mol. The van der Waals surface area contributed by atoms with Crippen LogP contribution in [0.3, 0.4) is 0 Å². The molecule has 0 aliphatic heterocycles. The number of anilines is 1. The molecule has 1 fully saturated rings. The van der Waals surface area contributed by atoms with Gasteiger partial charge in [-0.15, -0.1) is 0 Å². The second-order valence-corrected chi connectivity index (χ2v) is 5.97. The highest BCUT2D eigenvalue weighted by molar-refractivity contribution is 5.38. The summed E-state index contributed by atoms with van der Waals surface area (Å²) < 4.78 is 5.62. The lowest BCUT2D eigenvalue weighted by molar-refractivity contribution is 0.232. The summed E-state index contributed by atoms with van der Waals surface area (Å²) in [6.45, 7) is 6.26. The van der Waals surface area contributed by atoms with Gasteiger partial charge in [-0.05, 0) is 39.0 Å². The highest BCUT2D eigenvalue weighted by Gasteiger charge is 2.22. The molecule has 1 heterocycles. The Morgan fingerprint density at radius 2 is 2.00 bits per heavy atom. The molecule has 1 saturated carbocycles. The number of rotatable bonds is 6. The summed E-state index contributed by atoms with van der Waals surface area (Å²) in [5.74, 6) is 2.31. The Morgan fingerprint density at radius 1 is 1.25 bits per heavy atom. The maximum absolute atomic E-state index is 5.62. The van der Waals surface area contributed by atoms with E-state index in [2.05, 4.69) is 22.2 Å². The molecule has 1 aromatic rings. The lowest BCUT2D eigenvalue weighted by Crippen LogP contribution is -2.30. The summed E-state index contributed by atoms with van der Waals surface area (Å²) in [6, 6.07) is 2.42. The maximum Gasteiger partial charge on any atom is 0.218 e. The van der Waals surface area contributed by atoms with Crippen LogP contribution in [0.5, 0.6) is 5.88 Å². The molecule has 1 aliphatic rings. The van der Waals surface area contributed by atoms with Gasteiger partial charge in [0.2, 0.25) is 5.88 Å². The third kappa shape index (κ3) is 4.36. The van der Waals surface area contributed by atoms with Gasteiger partial charge >= 0.3 is 0 Å². The molecule has 0 bridgehead atoms. The van der Waals surface area contributed by atoms with E-state index >= 15 is 0 Å². The van der Waals surface area contributed by atoms with E-state index in [-0.39, 0.29) is 6.10 Å². The van der Waals surface area contributed by atoms with Crippen molar-refractivity contribution in [2.45, 2.75) is 71.4 Å². The van der Waals surface area contributed by atoms with Crippen molar-refractivity contribution in [3.05, 3.63) is 12.4 Å². The number of hydrogen-bond acceptors (Lipinski definition) is 4. The summed E-state index contributed by atoms with van der Waals surface area (Å²) in [7, 11) is 0. The molecule has 20 heavy (non-hydrogen) atoms. The lowest BCUT2D eigenvalue weighted by Gasteiger charge is -2.30. The van der Waals surface area contributed by atoms with E-state index < -0.39 is 0 Å². The third-order valence-electron chi connectivity index (χ3n) is 3.99. The molecule has 1 atom stereocenters. The minimum atomic E-state index is 0.137. The van der Waals surface area contributed by atoms with Crippen molar-refractivity contribution in [1.82, 2.24) is 9.97 Å². The van der Waals surface area contributed by atoms with Crippen molar-refractivity contribution in [2.75, 3.05) is 5.32 Å². The summed E-state index contributed by atoms with van der Waals surface area (Å²) in [5.41, 5.74) is 0. The zero-order valence-corrected chi connectivity index (χ0v) is 12.9. The lowest BCUT2D eigenvalue weighted by atomic mass is 9.83. The molecule has 1 N–H and O–H groups in total. The summed E-state index contributed by atoms with van der Waals surface area (Å²) in [4.78, 5) is 8.48. The second kappa shape index (κ2) is 7.46. The molecule has 1 aliphatic carbocycles. The Balaban J connectivity index is 1.99. The Kier molecular flexibility index (Phi) is 5.62. The van der Waals surface area contributed by atoms with Crippen molar-refractivity contribution in [3.63, 3.8) is 0 Å². The molecule has 1 unspecified atom stereocenters. The molecule has 112 valence electrons. The molecule has 0 spiro atoms. The van der Waals surface area contributed by atoms with E-state index in [1.165, 1.54) is 32.1 Å². The molecular weight excluding hydrogens is 250 g/mol. The molecule has 1 aromatic heterocycles. The van der Waals surface area contributed by atoms with Crippen molar-refractivity contribution in [1.29, 1.82) is 0 Å². The Hall–Kier alpha value is -1.32. The molecule has 0 aromatic carbocycles. The van der Waals surface area contributed by atoms with Crippen LogP contribution >= 0.6 is 0 Å². The van der Waals surface area contributed by atoms with Gasteiger partial charge in [0, 0.05) is 12.1 Å². The fourth-order valence-electron chi connectivity index (χ4n) is 3.00. The second-order valence-electron chi connectivity index (χ2n) is 5.97. The molecule has 2 rings (SSSR count). The Labute approximate surface area is 122 Å². The van der Waals surface area contributed by atoms with Crippen LogP contribution in [0.25, 0.3) is 0 Å². The van der Waals surface area contributed by atoms with Gasteiger partial charge in [0.15, 0.2) is 0 Å². The highest BCUT2D eigenvalue weighted by atomic mass is 16.5. The first kappa shape index (κ1) is 15.1. The van der Waals surface area contributed by atoms with E-state index in [4.69, 9.17) is 4.74 Å². The number of nitrogens with zero attached hydrogens (tertiary/aromatic N) is 2. The predicted molar refractivity (Wildman–Crippen MR) is 82.1 cm³/mol. The van der Waals surface area contributed by atoms with Crippen LogP contribution in [-0.2, 0) is 0 Å². The Morgan fingerprint density at radius 3 is 2.65 bits per heavy atom. The van der Waals surface area contributed by atoms with Crippen molar-refractivity contribution in [3.8, 4) is 5.88 Å². The Bertz CT molecular complexity index is 402. The van der Waals surface area contributed by atoms with Crippen molar-refractivity contribution < 1.29 is 4.74 Å². The molecule has 4 nitrogen and oxygen atoms in total. The molecule has 0 radical (unpaired) electrons. The van der Waals surface area contributed by atoms with E-state index in [1.807, 2.05) is 19.9 Å². The van der Waals surface area contributed by atoms with Crippen LogP contribution in [0.15, 0.2) is 12.4 Å². The quantitative estimate of drug-likeness (QED) is 0.852. The van der Waals surface area contributed by atoms with Crippen LogP contribution < -0.4 is 10.1 Å². The van der Waals surface area contributed by atoms with Crippen LogP contribution in [0.1, 0.15) is 59.3 Å². The minimum absolute atomic E-state index is 0.137. The van der Waals surface area contributed by atoms with Gasteiger partial charge in [0.25, 0.3) is 0 Å². The summed E-state index contributed by atoms with van der Waals surface area (Å²) >= 11 is 0. The van der Waals surface area contributed by atoms with Crippen LogP contribution in [-0.4, -0.2) is 22.1 Å². The number of ether oxygens (including phenoxy) is 1. The first-order valence-electron chi connectivity index (χ1n) is 7.94. The first-order valence-corrected chi connectivity index (χ1v) is 7.94. The third-order valence-corrected chi connectivity index (χ3v) is 3.99. The topological polar surface area (TPSA) is 47.0 Å². The van der Waals surface area contributed by atoms with Crippen LogP contribution in [0.2, 0.25) is 0 Å². The number of aromatic nitrogens is 2. The summed E-state index contributed by atoms with van der Waals surface area (Å²) in [6.07, 6.45) is 9.66. The normalized spacial score (nSPS) is 18.0. The molecular formula is C16H27N3O. The standard InChI is InChI=1S/C16H27N3O/c1-4-14(13-8-6-5-7-9-13)19-15-10-16(18-11-17-15)20-12(2)3/h10-14H,4-9H2,1-3H3,(H,17,18,19). The van der Waals surface area contributed by atoms with Crippen molar-refractivity contribution >= 4 is 5.82 Å². The van der Waals surface area contributed by atoms with Gasteiger partial charge < -0.3 is 10.1 Å². The van der Waals surface area contributed by atoms with Crippen molar-refractivity contribution in [2.24, 2.45) is 5.92 Å². The van der Waals surface area contributed by atoms with E-state index in [1.54, 1.807) is 6.33 Å². The fraction of sp³-hybridized carbons (Fsp3) is 0.750. The zero-order chi connectivity index (χ0) is 14.4. The smallest absolute Gasteiger partial charge is 0.218 e. The maximum atomic E-state index is 5.62. The molecule has 0 amide bonds. The number of nitrogens with one attached hydrogen (secondary N) is 1. The first-order chi connectivity index (χ1) is 9.69. The molecule has 4 heteroatoms. The van der Waals surface area contributed by atoms with Gasteiger partial charge in [-0.2, -0.15) is 0 Å². The van der Waals surface area contributed by atoms with Gasteiger partial charge in [-0.25, -0.2) is 9.97 Å². The van der Waals surface area contributed by atoms with Gasteiger partial charge in [-0.1, -0.05) is 26.2 Å².